The van der Waals surface area contributed by atoms with E-state index in [1.54, 1.807) is 0 Å². The van der Waals surface area contributed by atoms with Crippen molar-refractivity contribution in [2.24, 2.45) is 0 Å². The molecule has 0 aliphatic heterocycles. The smallest absolute Gasteiger partial charge is 0.0964 e. The molecule has 0 bridgehead atoms. The van der Waals surface area contributed by atoms with Gasteiger partial charge in [0, 0.05) is 10.1 Å². The first-order valence-corrected chi connectivity index (χ1v) is 6.70. The zero-order valence-electron chi connectivity index (χ0n) is 9.73. The van der Waals surface area contributed by atoms with E-state index >= 15 is 0 Å². The lowest BCUT2D eigenvalue weighted by atomic mass is 10.2. The van der Waals surface area contributed by atoms with Gasteiger partial charge in [-0.3, -0.25) is 0 Å². The molecule has 5 heteroatoms. The molecular formula is C12H15IN4. The van der Waals surface area contributed by atoms with Crippen molar-refractivity contribution in [1.82, 2.24) is 20.3 Å². The molecule has 1 aromatic heterocycles. The number of hydrogen-bond donors (Lipinski definition) is 1. The fourth-order valence-corrected chi connectivity index (χ4v) is 1.89. The van der Waals surface area contributed by atoms with Crippen LogP contribution in [0.25, 0.3) is 0 Å². The average Bonchev–Trinajstić information content (AvgIpc) is 2.77. The third-order valence-electron chi connectivity index (χ3n) is 2.40. The van der Waals surface area contributed by atoms with Gasteiger partial charge < -0.3 is 5.32 Å². The standard InChI is InChI=1S/C12H15IN4/c1-2-14-7-12-9-17(16-15-12)8-10-3-5-11(13)6-4-10/h3-6,9,14H,2,7-8H2,1H3. The molecule has 0 unspecified atom stereocenters. The second kappa shape index (κ2) is 6.11. The summed E-state index contributed by atoms with van der Waals surface area (Å²) in [7, 11) is 0. The van der Waals surface area contributed by atoms with Crippen LogP contribution in [-0.2, 0) is 13.1 Å². The van der Waals surface area contributed by atoms with Gasteiger partial charge in [-0.2, -0.15) is 0 Å². The molecule has 0 spiro atoms. The number of benzene rings is 1. The largest absolute Gasteiger partial charge is 0.311 e. The molecule has 4 nitrogen and oxygen atoms in total. The van der Waals surface area contributed by atoms with E-state index in [-0.39, 0.29) is 0 Å². The van der Waals surface area contributed by atoms with Crippen molar-refractivity contribution >= 4 is 22.6 Å². The Morgan fingerprint density at radius 1 is 1.29 bits per heavy atom. The first-order chi connectivity index (χ1) is 8.28. The van der Waals surface area contributed by atoms with Gasteiger partial charge in [0.05, 0.1) is 18.4 Å². The summed E-state index contributed by atoms with van der Waals surface area (Å²) in [5, 5.41) is 11.5. The second-order valence-corrected chi connectivity index (χ2v) is 5.06. The maximum atomic E-state index is 4.12. The minimum atomic E-state index is 0.774. The highest BCUT2D eigenvalue weighted by atomic mass is 127. The van der Waals surface area contributed by atoms with Crippen LogP contribution < -0.4 is 5.32 Å². The summed E-state index contributed by atoms with van der Waals surface area (Å²) in [5.41, 5.74) is 2.22. The predicted molar refractivity (Wildman–Crippen MR) is 75.7 cm³/mol. The first kappa shape index (κ1) is 12.5. The van der Waals surface area contributed by atoms with Gasteiger partial charge in [-0.15, -0.1) is 5.10 Å². The lowest BCUT2D eigenvalue weighted by molar-refractivity contribution is 0.648. The monoisotopic (exact) mass is 342 g/mol. The van der Waals surface area contributed by atoms with Crippen LogP contribution in [0.4, 0.5) is 0 Å². The number of nitrogens with zero attached hydrogens (tertiary/aromatic N) is 3. The Bertz CT molecular complexity index is 464. The van der Waals surface area contributed by atoms with E-state index in [4.69, 9.17) is 0 Å². The summed E-state index contributed by atoms with van der Waals surface area (Å²) in [5.74, 6) is 0. The SMILES string of the molecule is CCNCc1cn(Cc2ccc(I)cc2)nn1. The summed E-state index contributed by atoms with van der Waals surface area (Å²) >= 11 is 2.30. The molecule has 2 aromatic rings. The van der Waals surface area contributed by atoms with Crippen LogP contribution in [0.15, 0.2) is 30.5 Å². The zero-order valence-corrected chi connectivity index (χ0v) is 11.9. The Labute approximate surface area is 115 Å². The summed E-state index contributed by atoms with van der Waals surface area (Å²) in [6.45, 7) is 4.58. The normalized spacial score (nSPS) is 10.7. The van der Waals surface area contributed by atoms with Crippen molar-refractivity contribution < 1.29 is 0 Å². The molecule has 90 valence electrons. The predicted octanol–water partition coefficient (Wildman–Crippen LogP) is 2.04. The third-order valence-corrected chi connectivity index (χ3v) is 3.12. The molecule has 17 heavy (non-hydrogen) atoms. The van der Waals surface area contributed by atoms with Crippen molar-refractivity contribution in [3.63, 3.8) is 0 Å². The highest BCUT2D eigenvalue weighted by Crippen LogP contribution is 2.08. The van der Waals surface area contributed by atoms with Crippen molar-refractivity contribution in [3.05, 3.63) is 45.3 Å². The van der Waals surface area contributed by atoms with E-state index < -0.39 is 0 Å². The van der Waals surface area contributed by atoms with Crippen LogP contribution in [0.3, 0.4) is 0 Å². The van der Waals surface area contributed by atoms with Crippen LogP contribution in [-0.4, -0.2) is 21.5 Å². The van der Waals surface area contributed by atoms with Crippen molar-refractivity contribution in [3.8, 4) is 0 Å². The topological polar surface area (TPSA) is 42.7 Å². The van der Waals surface area contributed by atoms with Gasteiger partial charge in [-0.25, -0.2) is 4.68 Å². The van der Waals surface area contributed by atoms with Gasteiger partial charge in [0.15, 0.2) is 0 Å². The van der Waals surface area contributed by atoms with Crippen LogP contribution in [0.2, 0.25) is 0 Å². The lowest BCUT2D eigenvalue weighted by Crippen LogP contribution is -2.11. The lowest BCUT2D eigenvalue weighted by Gasteiger charge is -2.00. The number of rotatable bonds is 5. The molecule has 0 amide bonds. The van der Waals surface area contributed by atoms with E-state index in [1.165, 1.54) is 9.13 Å². The summed E-state index contributed by atoms with van der Waals surface area (Å²) in [6, 6.07) is 8.44. The highest BCUT2D eigenvalue weighted by molar-refractivity contribution is 14.1. The Hall–Kier alpha value is -0.950. The van der Waals surface area contributed by atoms with Crippen LogP contribution >= 0.6 is 22.6 Å². The third kappa shape index (κ3) is 3.78. The van der Waals surface area contributed by atoms with Crippen molar-refractivity contribution in [2.75, 3.05) is 6.54 Å². The molecule has 0 fully saturated rings. The number of nitrogens with one attached hydrogen (secondary N) is 1. The maximum absolute atomic E-state index is 4.12. The quantitative estimate of drug-likeness (QED) is 0.846. The molecule has 0 radical (unpaired) electrons. The number of hydrogen-bond acceptors (Lipinski definition) is 3. The molecule has 2 rings (SSSR count). The molecular weight excluding hydrogens is 327 g/mol. The number of aromatic nitrogens is 3. The van der Waals surface area contributed by atoms with Crippen LogP contribution in [0, 0.1) is 3.57 Å². The minimum Gasteiger partial charge on any atom is -0.311 e. The summed E-state index contributed by atoms with van der Waals surface area (Å²) in [4.78, 5) is 0. The average molecular weight is 342 g/mol. The molecule has 1 N–H and O–H groups in total. The van der Waals surface area contributed by atoms with Crippen molar-refractivity contribution in [2.45, 2.75) is 20.0 Å². The summed E-state index contributed by atoms with van der Waals surface area (Å²) in [6.07, 6.45) is 1.99. The van der Waals surface area contributed by atoms with E-state index in [0.717, 1.165) is 25.3 Å². The van der Waals surface area contributed by atoms with E-state index in [9.17, 15) is 0 Å². The Morgan fingerprint density at radius 2 is 2.06 bits per heavy atom. The molecule has 0 aliphatic rings. The van der Waals surface area contributed by atoms with Gasteiger partial charge in [0.25, 0.3) is 0 Å². The fraction of sp³-hybridized carbons (Fsp3) is 0.333. The molecule has 0 saturated carbocycles. The van der Waals surface area contributed by atoms with Gasteiger partial charge in [-0.05, 0) is 46.8 Å². The zero-order chi connectivity index (χ0) is 12.1. The van der Waals surface area contributed by atoms with Gasteiger partial charge in [0.2, 0.25) is 0 Å². The minimum absolute atomic E-state index is 0.774. The Kier molecular flexibility index (Phi) is 4.49. The highest BCUT2D eigenvalue weighted by Gasteiger charge is 2.00. The second-order valence-electron chi connectivity index (χ2n) is 3.81. The van der Waals surface area contributed by atoms with Gasteiger partial charge >= 0.3 is 0 Å². The summed E-state index contributed by atoms with van der Waals surface area (Å²) < 4.78 is 3.12. The van der Waals surface area contributed by atoms with Gasteiger partial charge in [0.1, 0.15) is 0 Å². The molecule has 1 heterocycles. The molecule has 0 saturated heterocycles. The molecule has 1 aromatic carbocycles. The Morgan fingerprint density at radius 3 is 2.76 bits per heavy atom. The molecule has 0 aliphatic carbocycles. The maximum Gasteiger partial charge on any atom is 0.0964 e. The van der Waals surface area contributed by atoms with Crippen LogP contribution in [0.5, 0.6) is 0 Å². The van der Waals surface area contributed by atoms with Crippen molar-refractivity contribution in [1.29, 1.82) is 0 Å². The number of halogens is 1. The Balaban J connectivity index is 1.98. The van der Waals surface area contributed by atoms with Crippen LogP contribution in [0.1, 0.15) is 18.2 Å². The first-order valence-electron chi connectivity index (χ1n) is 5.62. The van der Waals surface area contributed by atoms with E-state index in [1.807, 2.05) is 10.9 Å². The van der Waals surface area contributed by atoms with Gasteiger partial charge in [-0.1, -0.05) is 24.3 Å². The molecule has 0 atom stereocenters. The fourth-order valence-electron chi connectivity index (χ4n) is 1.53. The van der Waals surface area contributed by atoms with E-state index in [2.05, 4.69) is 69.4 Å². The van der Waals surface area contributed by atoms with E-state index in [0.29, 0.717) is 0 Å².